The summed E-state index contributed by atoms with van der Waals surface area (Å²) in [5.74, 6) is 1.74. The Bertz CT molecular complexity index is 1270. The van der Waals surface area contributed by atoms with Crippen molar-refractivity contribution in [3.05, 3.63) is 34.8 Å². The molecule has 1 heterocycles. The highest BCUT2D eigenvalue weighted by Crippen LogP contribution is 2.74. The molecule has 0 radical (unpaired) electrons. The first-order chi connectivity index (χ1) is 18.2. The molecule has 9 atom stereocenters. The summed E-state index contributed by atoms with van der Waals surface area (Å²) in [7, 11) is 0. The Morgan fingerprint density at radius 3 is 2.33 bits per heavy atom. The molecule has 0 unspecified atom stereocenters. The number of nitrogens with zero attached hydrogens (tertiary/aromatic N) is 2. The molecule has 6 aliphatic rings. The van der Waals surface area contributed by atoms with Crippen LogP contribution in [-0.4, -0.2) is 35.5 Å². The van der Waals surface area contributed by atoms with Crippen LogP contribution in [0.25, 0.3) is 4.85 Å². The summed E-state index contributed by atoms with van der Waals surface area (Å²) in [4.78, 5) is 46.1. The normalized spacial score (nSPS) is 48.4. The molecule has 1 aliphatic heterocycles. The van der Waals surface area contributed by atoms with E-state index in [-0.39, 0.29) is 57.2 Å². The van der Waals surface area contributed by atoms with E-state index in [1.807, 2.05) is 26.0 Å². The molecule has 1 saturated heterocycles. The van der Waals surface area contributed by atoms with Gasteiger partial charge in [0.2, 0.25) is 11.6 Å². The number of ketones is 2. The molecule has 5 aliphatic carbocycles. The monoisotopic (exact) mass is 530 g/mol. The Morgan fingerprint density at radius 2 is 1.72 bits per heavy atom. The molecule has 0 aromatic rings. The number of carbonyl (C=O) groups excluding carboxylic acids is 3. The molecule has 5 nitrogen and oxygen atoms in total. The van der Waals surface area contributed by atoms with E-state index in [0.29, 0.717) is 18.3 Å². The van der Waals surface area contributed by atoms with E-state index >= 15 is 0 Å². The first kappa shape index (κ1) is 27.0. The van der Waals surface area contributed by atoms with Crippen LogP contribution in [0, 0.1) is 63.2 Å². The van der Waals surface area contributed by atoms with Crippen LogP contribution >= 0.6 is 0 Å². The number of hydrogen-bond donors (Lipinski definition) is 0. The lowest BCUT2D eigenvalue weighted by Gasteiger charge is -2.70. The van der Waals surface area contributed by atoms with Crippen molar-refractivity contribution in [2.75, 3.05) is 13.1 Å². The van der Waals surface area contributed by atoms with Crippen LogP contribution in [-0.2, 0) is 14.4 Å². The fourth-order valence-corrected chi connectivity index (χ4v) is 11.1. The third-order valence-corrected chi connectivity index (χ3v) is 13.8. The summed E-state index contributed by atoms with van der Waals surface area (Å²) in [5, 5.41) is 0. The number of rotatable bonds is 2. The number of fused-ring (bicyclic) bond motifs is 7. The minimum absolute atomic E-state index is 0.0150. The van der Waals surface area contributed by atoms with E-state index in [1.165, 1.54) is 12.0 Å². The number of carbonyl (C=O) groups is 3. The fraction of sp³-hybridized carbons (Fsp3) is 0.765. The Hall–Kier alpha value is -2.22. The van der Waals surface area contributed by atoms with Gasteiger partial charge >= 0.3 is 0 Å². The summed E-state index contributed by atoms with van der Waals surface area (Å²) in [6.45, 7) is 25.2. The second kappa shape index (κ2) is 8.17. The van der Waals surface area contributed by atoms with Gasteiger partial charge in [-0.15, -0.1) is 0 Å². The van der Waals surface area contributed by atoms with Gasteiger partial charge in [0.1, 0.15) is 0 Å². The second-order valence-electron chi connectivity index (χ2n) is 15.6. The molecule has 6 rings (SSSR count). The maximum atomic E-state index is 14.6. The number of allylic oxidation sites excluding steroid dienone is 4. The first-order valence-electron chi connectivity index (χ1n) is 15.4. The molecule has 3 saturated carbocycles. The standard InChI is InChI=1S/C34H46N2O3/c1-20-9-13-34(19-36-16-11-26(36)38)15-14-33(7)28(27(34)21(20)2)23(37)17-25-31(5)18-22(35-8)29(39)30(3,4)24(31)10-12-32(25,33)6/h17-18,20-21,24,27-28H,9-16,19H2,1-7H3/t20-,21+,24+,27+,28-,31+,32-,33-,34-/m1/s1. The molecule has 0 N–H and O–H groups in total. The maximum absolute atomic E-state index is 14.6. The molecule has 0 aromatic carbocycles. The van der Waals surface area contributed by atoms with Gasteiger partial charge in [-0.2, -0.15) is 0 Å². The minimum Gasteiger partial charge on any atom is -0.342 e. The van der Waals surface area contributed by atoms with Crippen molar-refractivity contribution in [2.24, 2.45) is 56.7 Å². The van der Waals surface area contributed by atoms with E-state index in [4.69, 9.17) is 6.57 Å². The molecular weight excluding hydrogens is 484 g/mol. The van der Waals surface area contributed by atoms with Crippen molar-refractivity contribution in [1.29, 1.82) is 0 Å². The van der Waals surface area contributed by atoms with Gasteiger partial charge in [-0.1, -0.05) is 60.1 Å². The summed E-state index contributed by atoms with van der Waals surface area (Å²) in [6.07, 6.45) is 10.8. The molecule has 39 heavy (non-hydrogen) atoms. The van der Waals surface area contributed by atoms with Gasteiger partial charge in [-0.3, -0.25) is 9.59 Å². The summed E-state index contributed by atoms with van der Waals surface area (Å²) in [6, 6.07) is 0. The number of β-lactam (4-membered cyclic amide) rings is 1. The molecule has 0 bridgehead atoms. The summed E-state index contributed by atoms with van der Waals surface area (Å²) >= 11 is 0. The maximum Gasteiger partial charge on any atom is 0.226 e. The Balaban J connectivity index is 1.50. The molecular formula is C34H46N2O3. The van der Waals surface area contributed by atoms with Crippen LogP contribution in [0.3, 0.4) is 0 Å². The molecule has 5 heteroatoms. The zero-order chi connectivity index (χ0) is 28.3. The van der Waals surface area contributed by atoms with E-state index in [1.54, 1.807) is 0 Å². The van der Waals surface area contributed by atoms with Gasteiger partial charge in [0, 0.05) is 36.3 Å². The average Bonchev–Trinajstić information content (AvgIpc) is 2.88. The molecule has 0 aromatic heterocycles. The highest BCUT2D eigenvalue weighted by atomic mass is 16.2. The zero-order valence-corrected chi connectivity index (χ0v) is 25.0. The van der Waals surface area contributed by atoms with E-state index in [2.05, 4.69) is 44.4 Å². The molecule has 1 amide bonds. The van der Waals surface area contributed by atoms with Gasteiger partial charge in [0.25, 0.3) is 0 Å². The van der Waals surface area contributed by atoms with Crippen LogP contribution < -0.4 is 0 Å². The number of likely N-dealkylation sites (tertiary alicyclic amines) is 1. The number of Topliss-reactive ketones (excluding diaryl/α,β-unsaturated/α-hetero) is 1. The molecule has 210 valence electrons. The number of amides is 1. The zero-order valence-electron chi connectivity index (χ0n) is 25.0. The van der Waals surface area contributed by atoms with Crippen molar-refractivity contribution in [1.82, 2.24) is 4.90 Å². The highest BCUT2D eigenvalue weighted by Gasteiger charge is 2.70. The van der Waals surface area contributed by atoms with Gasteiger partial charge in [-0.05, 0) is 84.5 Å². The molecule has 4 fully saturated rings. The smallest absolute Gasteiger partial charge is 0.226 e. The summed E-state index contributed by atoms with van der Waals surface area (Å²) < 4.78 is 0. The largest absolute Gasteiger partial charge is 0.342 e. The lowest BCUT2D eigenvalue weighted by molar-refractivity contribution is -0.183. The van der Waals surface area contributed by atoms with Crippen LogP contribution in [0.1, 0.15) is 93.4 Å². The molecule has 0 spiro atoms. The van der Waals surface area contributed by atoms with E-state index in [0.717, 1.165) is 45.2 Å². The lowest BCUT2D eigenvalue weighted by Crippen LogP contribution is -2.67. The van der Waals surface area contributed by atoms with Crippen molar-refractivity contribution in [3.63, 3.8) is 0 Å². The van der Waals surface area contributed by atoms with Gasteiger partial charge in [0.05, 0.1) is 6.57 Å². The minimum atomic E-state index is -0.634. The SMILES string of the molecule is [C-]#[N+]C1=C[C@]2(C)C3=CC(=O)[C@@H]4[C@@H]5[C@@H](C)[C@H](C)CC[C@]5(CN5CCC5=O)CC[C@@]4(C)[C@]3(C)CC[C@H]2C(C)(C)C1=O. The lowest BCUT2D eigenvalue weighted by atomic mass is 9.34. The third kappa shape index (κ3) is 3.21. The Kier molecular flexibility index (Phi) is 5.65. The predicted octanol–water partition coefficient (Wildman–Crippen LogP) is 6.65. The topological polar surface area (TPSA) is 58.8 Å². The predicted molar refractivity (Wildman–Crippen MR) is 151 cm³/mol. The van der Waals surface area contributed by atoms with E-state index in [9.17, 15) is 14.4 Å². The van der Waals surface area contributed by atoms with E-state index < -0.39 is 10.8 Å². The van der Waals surface area contributed by atoms with Crippen LogP contribution in [0.15, 0.2) is 23.4 Å². The van der Waals surface area contributed by atoms with Crippen LogP contribution in [0.4, 0.5) is 0 Å². The van der Waals surface area contributed by atoms with Crippen molar-refractivity contribution < 1.29 is 14.4 Å². The quantitative estimate of drug-likeness (QED) is 0.297. The van der Waals surface area contributed by atoms with Crippen LogP contribution in [0.2, 0.25) is 0 Å². The van der Waals surface area contributed by atoms with Crippen LogP contribution in [0.5, 0.6) is 0 Å². The van der Waals surface area contributed by atoms with Gasteiger partial charge in [-0.25, -0.2) is 4.85 Å². The fourth-order valence-electron chi connectivity index (χ4n) is 11.1. The van der Waals surface area contributed by atoms with Crippen molar-refractivity contribution >= 4 is 17.5 Å². The van der Waals surface area contributed by atoms with Crippen molar-refractivity contribution in [2.45, 2.75) is 93.4 Å². The van der Waals surface area contributed by atoms with Gasteiger partial charge in [0.15, 0.2) is 11.6 Å². The Morgan fingerprint density at radius 1 is 1.00 bits per heavy atom. The van der Waals surface area contributed by atoms with Crippen molar-refractivity contribution in [3.8, 4) is 0 Å². The van der Waals surface area contributed by atoms with Gasteiger partial charge < -0.3 is 9.69 Å². The second-order valence-corrected chi connectivity index (χ2v) is 15.6. The highest BCUT2D eigenvalue weighted by molar-refractivity contribution is 6.03. The third-order valence-electron chi connectivity index (χ3n) is 13.8. The average molecular weight is 531 g/mol. The summed E-state index contributed by atoms with van der Waals surface area (Å²) in [5.41, 5.74) is -0.0858. The Labute approximate surface area is 234 Å². The first-order valence-corrected chi connectivity index (χ1v) is 15.4. The number of hydrogen-bond acceptors (Lipinski definition) is 3.